The van der Waals surface area contributed by atoms with E-state index >= 15 is 0 Å². The molecule has 0 aliphatic heterocycles. The molecule has 2 aliphatic carbocycles. The van der Waals surface area contributed by atoms with Crippen LogP contribution in [0.4, 0.5) is 0 Å². The molecular formula is C11H18O. The third-order valence-corrected chi connectivity index (χ3v) is 4.04. The van der Waals surface area contributed by atoms with Crippen molar-refractivity contribution in [1.29, 1.82) is 0 Å². The van der Waals surface area contributed by atoms with Crippen molar-refractivity contribution < 1.29 is 4.79 Å². The van der Waals surface area contributed by atoms with Crippen LogP contribution in [0.15, 0.2) is 0 Å². The molecule has 1 heteroatoms. The average Bonchev–Trinajstić information content (AvgIpc) is 2.02. The van der Waals surface area contributed by atoms with Gasteiger partial charge in [-0.25, -0.2) is 0 Å². The second-order valence-electron chi connectivity index (χ2n) is 4.74. The minimum atomic E-state index is 0.413. The van der Waals surface area contributed by atoms with Gasteiger partial charge in [-0.3, -0.25) is 4.79 Å². The minimum absolute atomic E-state index is 0.413. The summed E-state index contributed by atoms with van der Waals surface area (Å²) in [6, 6.07) is 0. The van der Waals surface area contributed by atoms with E-state index in [4.69, 9.17) is 0 Å². The molecule has 12 heavy (non-hydrogen) atoms. The highest BCUT2D eigenvalue weighted by molar-refractivity contribution is 5.78. The largest absolute Gasteiger partial charge is 0.300 e. The number of hydrogen-bond acceptors (Lipinski definition) is 1. The summed E-state index contributed by atoms with van der Waals surface area (Å²) in [4.78, 5) is 11.1. The fourth-order valence-corrected chi connectivity index (χ4v) is 2.81. The van der Waals surface area contributed by atoms with Gasteiger partial charge in [0.2, 0.25) is 0 Å². The summed E-state index contributed by atoms with van der Waals surface area (Å²) in [6.07, 6.45) is 9.33. The van der Waals surface area contributed by atoms with E-state index in [9.17, 15) is 4.79 Å². The van der Waals surface area contributed by atoms with E-state index in [1.807, 2.05) is 0 Å². The lowest BCUT2D eigenvalue weighted by Crippen LogP contribution is -2.35. The maximum atomic E-state index is 11.1. The van der Waals surface area contributed by atoms with Crippen molar-refractivity contribution in [3.8, 4) is 0 Å². The molecule has 2 aliphatic rings. The molecule has 2 rings (SSSR count). The van der Waals surface area contributed by atoms with Crippen molar-refractivity contribution >= 4 is 5.78 Å². The van der Waals surface area contributed by atoms with Gasteiger partial charge in [-0.05, 0) is 50.9 Å². The zero-order valence-corrected chi connectivity index (χ0v) is 7.94. The van der Waals surface area contributed by atoms with Gasteiger partial charge in [-0.15, -0.1) is 0 Å². The smallest absolute Gasteiger partial charge is 0.132 e. The Hall–Kier alpha value is -0.330. The fraction of sp³-hybridized carbons (Fsp3) is 0.909. The first-order valence-electron chi connectivity index (χ1n) is 5.22. The topological polar surface area (TPSA) is 17.1 Å². The molecule has 0 radical (unpaired) electrons. The molecule has 0 saturated heterocycles. The Balaban J connectivity index is 1.88. The van der Waals surface area contributed by atoms with Crippen molar-refractivity contribution in [2.45, 2.75) is 51.9 Å². The molecule has 2 fully saturated rings. The van der Waals surface area contributed by atoms with Gasteiger partial charge in [-0.2, -0.15) is 0 Å². The van der Waals surface area contributed by atoms with E-state index < -0.39 is 0 Å². The Morgan fingerprint density at radius 3 is 2.08 bits per heavy atom. The van der Waals surface area contributed by atoms with Crippen LogP contribution in [-0.4, -0.2) is 5.78 Å². The van der Waals surface area contributed by atoms with Gasteiger partial charge in [0.05, 0.1) is 0 Å². The Labute approximate surface area is 74.5 Å². The lowest BCUT2D eigenvalue weighted by molar-refractivity contribution is -0.123. The number of ketones is 1. The van der Waals surface area contributed by atoms with Gasteiger partial charge in [0.1, 0.15) is 5.78 Å². The molecule has 0 heterocycles. The standard InChI is InChI=1S/C11H18O/c1-9(12)10-3-7-11(8-4-10)5-2-6-11/h10H,2-8H2,1H3. The molecule has 0 bridgehead atoms. The van der Waals surface area contributed by atoms with Crippen molar-refractivity contribution in [3.05, 3.63) is 0 Å². The first-order chi connectivity index (χ1) is 5.72. The molecule has 1 nitrogen and oxygen atoms in total. The summed E-state index contributed by atoms with van der Waals surface area (Å²) in [5, 5.41) is 0. The van der Waals surface area contributed by atoms with E-state index in [1.165, 1.54) is 44.9 Å². The van der Waals surface area contributed by atoms with Crippen LogP contribution < -0.4 is 0 Å². The first-order valence-corrected chi connectivity index (χ1v) is 5.22. The van der Waals surface area contributed by atoms with Crippen LogP contribution in [0.1, 0.15) is 51.9 Å². The number of carbonyl (C=O) groups is 1. The molecule has 2 saturated carbocycles. The minimum Gasteiger partial charge on any atom is -0.300 e. The van der Waals surface area contributed by atoms with E-state index in [0.717, 1.165) is 0 Å². The van der Waals surface area contributed by atoms with Gasteiger partial charge in [0.15, 0.2) is 0 Å². The summed E-state index contributed by atoms with van der Waals surface area (Å²) < 4.78 is 0. The maximum absolute atomic E-state index is 11.1. The van der Waals surface area contributed by atoms with Gasteiger partial charge < -0.3 is 0 Å². The molecule has 68 valence electrons. The zero-order chi connectivity index (χ0) is 8.60. The molecule has 0 unspecified atom stereocenters. The van der Waals surface area contributed by atoms with Crippen molar-refractivity contribution in [2.24, 2.45) is 11.3 Å². The van der Waals surface area contributed by atoms with Crippen molar-refractivity contribution in [2.75, 3.05) is 0 Å². The predicted octanol–water partition coefficient (Wildman–Crippen LogP) is 2.94. The Morgan fingerprint density at radius 1 is 1.17 bits per heavy atom. The summed E-state index contributed by atoms with van der Waals surface area (Å²) in [5.74, 6) is 0.834. The van der Waals surface area contributed by atoms with Crippen LogP contribution in [-0.2, 0) is 4.79 Å². The molecular weight excluding hydrogens is 148 g/mol. The highest BCUT2D eigenvalue weighted by Crippen LogP contribution is 2.52. The molecule has 0 atom stereocenters. The molecule has 0 N–H and O–H groups in total. The van der Waals surface area contributed by atoms with E-state index in [1.54, 1.807) is 6.92 Å². The quantitative estimate of drug-likeness (QED) is 0.585. The van der Waals surface area contributed by atoms with Crippen molar-refractivity contribution in [1.82, 2.24) is 0 Å². The monoisotopic (exact) mass is 166 g/mol. The van der Waals surface area contributed by atoms with Crippen LogP contribution >= 0.6 is 0 Å². The lowest BCUT2D eigenvalue weighted by Gasteiger charge is -2.46. The third-order valence-electron chi connectivity index (χ3n) is 4.04. The lowest BCUT2D eigenvalue weighted by atomic mass is 9.59. The second kappa shape index (κ2) is 2.86. The summed E-state index contributed by atoms with van der Waals surface area (Å²) in [5.41, 5.74) is 0.714. The Bertz CT molecular complexity index is 181. The van der Waals surface area contributed by atoms with Crippen LogP contribution in [0.3, 0.4) is 0 Å². The predicted molar refractivity (Wildman–Crippen MR) is 48.9 cm³/mol. The van der Waals surface area contributed by atoms with Crippen LogP contribution in [0.5, 0.6) is 0 Å². The van der Waals surface area contributed by atoms with Gasteiger partial charge in [0.25, 0.3) is 0 Å². The Kier molecular flexibility index (Phi) is 1.97. The van der Waals surface area contributed by atoms with Gasteiger partial charge in [0, 0.05) is 5.92 Å². The highest BCUT2D eigenvalue weighted by Gasteiger charge is 2.40. The Morgan fingerprint density at radius 2 is 1.75 bits per heavy atom. The van der Waals surface area contributed by atoms with E-state index in [-0.39, 0.29) is 0 Å². The first kappa shape index (κ1) is 8.28. The van der Waals surface area contributed by atoms with Crippen LogP contribution in [0.25, 0.3) is 0 Å². The number of hydrogen-bond donors (Lipinski definition) is 0. The zero-order valence-electron chi connectivity index (χ0n) is 7.94. The third kappa shape index (κ3) is 1.30. The van der Waals surface area contributed by atoms with Crippen LogP contribution in [0.2, 0.25) is 0 Å². The summed E-state index contributed by atoms with van der Waals surface area (Å²) >= 11 is 0. The number of carbonyl (C=O) groups excluding carboxylic acids is 1. The summed E-state index contributed by atoms with van der Waals surface area (Å²) in [7, 11) is 0. The van der Waals surface area contributed by atoms with Crippen LogP contribution in [0, 0.1) is 11.3 Å². The normalized spacial score (nSPS) is 28.4. The van der Waals surface area contributed by atoms with Gasteiger partial charge >= 0.3 is 0 Å². The SMILES string of the molecule is CC(=O)C1CCC2(CCC2)CC1. The number of Topliss-reactive ketones (excluding diaryl/α,β-unsaturated/α-hetero) is 1. The highest BCUT2D eigenvalue weighted by atomic mass is 16.1. The molecule has 1 spiro atoms. The molecule has 0 aromatic carbocycles. The van der Waals surface area contributed by atoms with Crippen molar-refractivity contribution in [3.63, 3.8) is 0 Å². The molecule has 0 aromatic rings. The number of rotatable bonds is 1. The van der Waals surface area contributed by atoms with E-state index in [0.29, 0.717) is 17.1 Å². The summed E-state index contributed by atoms with van der Waals surface area (Å²) in [6.45, 7) is 1.75. The fourth-order valence-electron chi connectivity index (χ4n) is 2.81. The maximum Gasteiger partial charge on any atom is 0.132 e. The average molecular weight is 166 g/mol. The molecule has 0 amide bonds. The molecule has 0 aromatic heterocycles. The van der Waals surface area contributed by atoms with Gasteiger partial charge in [-0.1, -0.05) is 6.42 Å². The second-order valence-corrected chi connectivity index (χ2v) is 4.74. The van der Waals surface area contributed by atoms with E-state index in [2.05, 4.69) is 0 Å².